The number of carboxylic acid groups (broad SMARTS) is 1. The topological polar surface area (TPSA) is 92.4 Å². The molecule has 1 aromatic heterocycles. The molecule has 2 rings (SSSR count). The molecule has 0 aliphatic rings. The Morgan fingerprint density at radius 3 is 2.59 bits per heavy atom. The second kappa shape index (κ2) is 5.97. The molecule has 0 radical (unpaired) electrons. The van der Waals surface area contributed by atoms with Crippen molar-refractivity contribution in [2.75, 3.05) is 5.32 Å². The van der Waals surface area contributed by atoms with E-state index in [1.165, 1.54) is 0 Å². The zero-order valence-corrected chi connectivity index (χ0v) is 12.3. The molecular weight excluding hydrogens is 291 g/mol. The largest absolute Gasteiger partial charge is 0.478 e. The Bertz CT molecular complexity index is 720. The van der Waals surface area contributed by atoms with Gasteiger partial charge in [0, 0.05) is 5.56 Å². The zero-order valence-electron chi connectivity index (χ0n) is 12.3. The van der Waals surface area contributed by atoms with Crippen LogP contribution in [0.4, 0.5) is 10.1 Å². The first-order chi connectivity index (χ1) is 10.3. The molecule has 0 saturated carbocycles. The number of rotatable bonds is 4. The number of anilines is 1. The number of aromatic nitrogens is 1. The van der Waals surface area contributed by atoms with Gasteiger partial charge in [-0.1, -0.05) is 5.16 Å². The summed E-state index contributed by atoms with van der Waals surface area (Å²) in [5.74, 6) is -2.48. The molecular formula is C15H15FN2O4. The lowest BCUT2D eigenvalue weighted by molar-refractivity contribution is -0.117. The molecule has 1 heterocycles. The van der Waals surface area contributed by atoms with Gasteiger partial charge in [0.05, 0.1) is 22.9 Å². The van der Waals surface area contributed by atoms with Crippen molar-refractivity contribution in [1.82, 2.24) is 5.16 Å². The van der Waals surface area contributed by atoms with Crippen LogP contribution in [-0.2, 0) is 4.79 Å². The van der Waals surface area contributed by atoms with Gasteiger partial charge in [-0.25, -0.2) is 9.18 Å². The molecule has 0 unspecified atom stereocenters. The molecule has 6 nitrogen and oxygen atoms in total. The summed E-state index contributed by atoms with van der Waals surface area (Å²) in [5, 5.41) is 15.1. The Hall–Kier alpha value is -2.70. The fourth-order valence-corrected chi connectivity index (χ4v) is 2.23. The minimum absolute atomic E-state index is 0.110. The van der Waals surface area contributed by atoms with E-state index < -0.39 is 23.6 Å². The number of nitrogens with one attached hydrogen (secondary N) is 1. The van der Waals surface area contributed by atoms with Crippen LogP contribution in [0.2, 0.25) is 0 Å². The summed E-state index contributed by atoms with van der Waals surface area (Å²) in [6, 6.07) is 3.21. The number of carbonyl (C=O) groups excluding carboxylic acids is 1. The average Bonchev–Trinajstić information content (AvgIpc) is 2.79. The Morgan fingerprint density at radius 1 is 1.36 bits per heavy atom. The lowest BCUT2D eigenvalue weighted by Gasteiger charge is -2.13. The SMILES string of the molecule is Cc1noc(C)c1[C@@H](C)C(=O)Nc1cc(C(=O)O)ccc1F. The van der Waals surface area contributed by atoms with Crippen molar-refractivity contribution < 1.29 is 23.6 Å². The predicted molar refractivity (Wildman–Crippen MR) is 76.4 cm³/mol. The monoisotopic (exact) mass is 306 g/mol. The van der Waals surface area contributed by atoms with Gasteiger partial charge < -0.3 is 14.9 Å². The lowest BCUT2D eigenvalue weighted by atomic mass is 9.98. The number of aromatic carboxylic acids is 1. The summed E-state index contributed by atoms with van der Waals surface area (Å²) in [6.45, 7) is 5.03. The highest BCUT2D eigenvalue weighted by Gasteiger charge is 2.24. The summed E-state index contributed by atoms with van der Waals surface area (Å²) in [4.78, 5) is 23.2. The van der Waals surface area contributed by atoms with Gasteiger partial charge >= 0.3 is 5.97 Å². The maximum absolute atomic E-state index is 13.7. The van der Waals surface area contributed by atoms with Gasteiger partial charge in [-0.3, -0.25) is 4.79 Å². The number of amides is 1. The molecule has 7 heteroatoms. The standard InChI is InChI=1S/C15H15FN2O4/c1-7(13-8(2)18-22-9(13)3)14(19)17-12-6-10(15(20)21)4-5-11(12)16/h4-7H,1-3H3,(H,17,19)(H,20,21)/t7-/m1/s1. The highest BCUT2D eigenvalue weighted by atomic mass is 19.1. The van der Waals surface area contributed by atoms with E-state index >= 15 is 0 Å². The fraction of sp³-hybridized carbons (Fsp3) is 0.267. The summed E-state index contributed by atoms with van der Waals surface area (Å²) in [5.41, 5.74) is 0.928. The van der Waals surface area contributed by atoms with Crippen molar-refractivity contribution >= 4 is 17.6 Å². The molecule has 0 saturated heterocycles. The highest BCUT2D eigenvalue weighted by molar-refractivity contribution is 5.97. The van der Waals surface area contributed by atoms with Crippen molar-refractivity contribution in [2.45, 2.75) is 26.7 Å². The van der Waals surface area contributed by atoms with Crippen LogP contribution in [0.5, 0.6) is 0 Å². The summed E-state index contributed by atoms with van der Waals surface area (Å²) in [7, 11) is 0. The van der Waals surface area contributed by atoms with Gasteiger partial charge in [0.1, 0.15) is 11.6 Å². The first-order valence-corrected chi connectivity index (χ1v) is 6.57. The second-order valence-electron chi connectivity index (χ2n) is 4.95. The van der Waals surface area contributed by atoms with E-state index in [9.17, 15) is 14.0 Å². The first-order valence-electron chi connectivity index (χ1n) is 6.57. The molecule has 1 atom stereocenters. The van der Waals surface area contributed by atoms with Crippen LogP contribution >= 0.6 is 0 Å². The second-order valence-corrected chi connectivity index (χ2v) is 4.95. The predicted octanol–water partition coefficient (Wildman–Crippen LogP) is 2.87. The third-order valence-corrected chi connectivity index (χ3v) is 3.39. The third kappa shape index (κ3) is 2.98. The van der Waals surface area contributed by atoms with Gasteiger partial charge in [-0.15, -0.1) is 0 Å². The van der Waals surface area contributed by atoms with Crippen LogP contribution in [0.15, 0.2) is 22.7 Å². The molecule has 0 aliphatic carbocycles. The van der Waals surface area contributed by atoms with Gasteiger partial charge in [0.2, 0.25) is 5.91 Å². The minimum Gasteiger partial charge on any atom is -0.478 e. The third-order valence-electron chi connectivity index (χ3n) is 3.39. The van der Waals surface area contributed by atoms with E-state index in [-0.39, 0.29) is 11.3 Å². The van der Waals surface area contributed by atoms with Gasteiger partial charge in [-0.2, -0.15) is 0 Å². The van der Waals surface area contributed by atoms with Crippen molar-refractivity contribution in [2.24, 2.45) is 0 Å². The van der Waals surface area contributed by atoms with E-state index in [4.69, 9.17) is 9.63 Å². The Morgan fingerprint density at radius 2 is 2.05 bits per heavy atom. The summed E-state index contributed by atoms with van der Waals surface area (Å²) >= 11 is 0. The molecule has 0 fully saturated rings. The highest BCUT2D eigenvalue weighted by Crippen LogP contribution is 2.25. The first kappa shape index (κ1) is 15.7. The Kier molecular flexibility index (Phi) is 4.25. The number of carbonyl (C=O) groups is 2. The minimum atomic E-state index is -1.20. The number of hydrogen-bond donors (Lipinski definition) is 2. The smallest absolute Gasteiger partial charge is 0.335 e. The van der Waals surface area contributed by atoms with E-state index in [2.05, 4.69) is 10.5 Å². The van der Waals surface area contributed by atoms with Gasteiger partial charge in [0.15, 0.2) is 0 Å². The quantitative estimate of drug-likeness (QED) is 0.906. The molecule has 116 valence electrons. The zero-order chi connectivity index (χ0) is 16.4. The number of benzene rings is 1. The molecule has 1 aromatic carbocycles. The van der Waals surface area contributed by atoms with Crippen LogP contribution < -0.4 is 5.32 Å². The van der Waals surface area contributed by atoms with Crippen LogP contribution in [0, 0.1) is 19.7 Å². The normalized spacial score (nSPS) is 12.0. The van der Waals surface area contributed by atoms with Crippen molar-refractivity contribution in [3.8, 4) is 0 Å². The van der Waals surface area contributed by atoms with E-state index in [0.29, 0.717) is 17.0 Å². The lowest BCUT2D eigenvalue weighted by Crippen LogP contribution is -2.20. The van der Waals surface area contributed by atoms with Gasteiger partial charge in [0.25, 0.3) is 0 Å². The van der Waals surface area contributed by atoms with Crippen molar-refractivity contribution in [3.63, 3.8) is 0 Å². The van der Waals surface area contributed by atoms with Crippen LogP contribution in [0.25, 0.3) is 0 Å². The van der Waals surface area contributed by atoms with E-state index in [1.54, 1.807) is 20.8 Å². The molecule has 2 N–H and O–H groups in total. The van der Waals surface area contributed by atoms with Crippen molar-refractivity contribution in [3.05, 3.63) is 46.6 Å². The summed E-state index contributed by atoms with van der Waals surface area (Å²) < 4.78 is 18.7. The molecule has 22 heavy (non-hydrogen) atoms. The molecule has 0 spiro atoms. The van der Waals surface area contributed by atoms with Crippen molar-refractivity contribution in [1.29, 1.82) is 0 Å². The van der Waals surface area contributed by atoms with Crippen LogP contribution in [0.1, 0.15) is 40.2 Å². The Labute approximate surface area is 125 Å². The molecule has 1 amide bonds. The van der Waals surface area contributed by atoms with E-state index in [1.807, 2.05) is 0 Å². The van der Waals surface area contributed by atoms with Crippen LogP contribution in [-0.4, -0.2) is 22.1 Å². The Balaban J connectivity index is 2.25. The number of carboxylic acids is 1. The number of aryl methyl sites for hydroxylation is 2. The average molecular weight is 306 g/mol. The maximum Gasteiger partial charge on any atom is 0.335 e. The fourth-order valence-electron chi connectivity index (χ4n) is 2.23. The number of nitrogens with zero attached hydrogens (tertiary/aromatic N) is 1. The number of hydrogen-bond acceptors (Lipinski definition) is 4. The molecule has 2 aromatic rings. The molecule has 0 bridgehead atoms. The maximum atomic E-state index is 13.7. The van der Waals surface area contributed by atoms with Crippen LogP contribution in [0.3, 0.4) is 0 Å². The number of halogens is 1. The van der Waals surface area contributed by atoms with Gasteiger partial charge in [-0.05, 0) is 39.0 Å². The molecule has 0 aliphatic heterocycles. The summed E-state index contributed by atoms with van der Waals surface area (Å²) in [6.07, 6.45) is 0. The van der Waals surface area contributed by atoms with E-state index in [0.717, 1.165) is 18.2 Å².